The predicted octanol–water partition coefficient (Wildman–Crippen LogP) is 13.6. The monoisotopic (exact) mass is 728 g/mol. The van der Waals surface area contributed by atoms with Gasteiger partial charge in [-0.05, 0) is 88.0 Å². The van der Waals surface area contributed by atoms with Crippen molar-refractivity contribution >= 4 is 65.7 Å². The van der Waals surface area contributed by atoms with Gasteiger partial charge in [0, 0.05) is 32.6 Å². The average molecular weight is 729 g/mol. The van der Waals surface area contributed by atoms with Crippen LogP contribution in [0.3, 0.4) is 0 Å². The second-order valence-electron chi connectivity index (χ2n) is 14.6. The van der Waals surface area contributed by atoms with Crippen molar-refractivity contribution in [2.75, 3.05) is 0 Å². The third-order valence-electron chi connectivity index (χ3n) is 11.4. The normalized spacial score (nSPS) is 11.9. The van der Waals surface area contributed by atoms with E-state index in [9.17, 15) is 0 Å². The molecule has 12 rings (SSSR count). The second kappa shape index (κ2) is 12.4. The van der Waals surface area contributed by atoms with Crippen molar-refractivity contribution in [1.29, 1.82) is 0 Å². The minimum atomic E-state index is 0.618. The molecule has 0 amide bonds. The fraction of sp³-hybridized carbons (Fsp3) is 0. The Balaban J connectivity index is 0.956. The van der Waals surface area contributed by atoms with E-state index in [2.05, 4.69) is 197 Å². The molecule has 0 N–H and O–H groups in total. The summed E-state index contributed by atoms with van der Waals surface area (Å²) in [5, 5.41) is 5.82. The summed E-state index contributed by atoms with van der Waals surface area (Å²) in [6.07, 6.45) is 1.80. The summed E-state index contributed by atoms with van der Waals surface area (Å²) in [4.78, 5) is 10.00. The lowest BCUT2D eigenvalue weighted by Gasteiger charge is -2.13. The van der Waals surface area contributed by atoms with E-state index in [1.54, 1.807) is 6.20 Å². The number of hydrogen-bond acceptors (Lipinski definition) is 3. The Hall–Kier alpha value is -7.76. The highest BCUT2D eigenvalue weighted by Gasteiger charge is 2.18. The van der Waals surface area contributed by atoms with Gasteiger partial charge in [0.15, 0.2) is 5.58 Å². The molecule has 5 nitrogen and oxygen atoms in total. The minimum Gasteiger partial charge on any atom is -0.453 e. The van der Waals surface area contributed by atoms with Crippen LogP contribution in [-0.2, 0) is 0 Å². The van der Waals surface area contributed by atoms with Crippen molar-refractivity contribution in [2.45, 2.75) is 0 Å². The summed E-state index contributed by atoms with van der Waals surface area (Å²) in [6, 6.07) is 67.0. The standard InChI is InChI=1S/C52H32N4O/c1-2-18-39(36-27-28-49-44(31-36)51-50(57-49)32-53-52(54-51)56-47-25-9-5-21-42(47)43-22-6-10-26-48(43)56)38(17-1)35-15-11-13-33(29-35)34-14-12-16-37(30-34)55-45-23-7-3-19-40(45)41-20-4-8-24-46(41)55/h1-32H. The summed E-state index contributed by atoms with van der Waals surface area (Å²) < 4.78 is 10.8. The van der Waals surface area contributed by atoms with Crippen molar-refractivity contribution in [3.05, 3.63) is 194 Å². The maximum Gasteiger partial charge on any atom is 0.235 e. The molecule has 0 fully saturated rings. The molecule has 5 heteroatoms. The Kier molecular flexibility index (Phi) is 6.86. The van der Waals surface area contributed by atoms with Crippen LogP contribution in [0.25, 0.3) is 111 Å². The summed E-state index contributed by atoms with van der Waals surface area (Å²) in [7, 11) is 0. The van der Waals surface area contributed by atoms with Gasteiger partial charge in [0.05, 0.1) is 28.3 Å². The summed E-state index contributed by atoms with van der Waals surface area (Å²) in [5.41, 5.74) is 14.8. The molecule has 4 heterocycles. The van der Waals surface area contributed by atoms with Gasteiger partial charge < -0.3 is 8.98 Å². The van der Waals surface area contributed by atoms with Crippen molar-refractivity contribution < 1.29 is 4.42 Å². The quantitative estimate of drug-likeness (QED) is 0.177. The molecule has 0 unspecified atom stereocenters. The highest BCUT2D eigenvalue weighted by atomic mass is 16.3. The molecule has 0 spiro atoms. The van der Waals surface area contributed by atoms with Gasteiger partial charge in [-0.25, -0.2) is 9.97 Å². The fourth-order valence-corrected chi connectivity index (χ4v) is 8.84. The molecule has 12 aromatic rings. The molecule has 0 aliphatic carbocycles. The fourth-order valence-electron chi connectivity index (χ4n) is 8.84. The first-order valence-electron chi connectivity index (χ1n) is 19.2. The number of fused-ring (bicyclic) bond motifs is 9. The van der Waals surface area contributed by atoms with E-state index in [1.807, 2.05) is 0 Å². The maximum atomic E-state index is 6.32. The Morgan fingerprint density at radius 3 is 1.51 bits per heavy atom. The van der Waals surface area contributed by atoms with E-state index in [1.165, 1.54) is 38.1 Å². The molecule has 8 aromatic carbocycles. The lowest BCUT2D eigenvalue weighted by molar-refractivity contribution is 0.665. The van der Waals surface area contributed by atoms with E-state index >= 15 is 0 Å². The van der Waals surface area contributed by atoms with Crippen LogP contribution in [-0.4, -0.2) is 19.1 Å². The van der Waals surface area contributed by atoms with Gasteiger partial charge in [-0.1, -0.05) is 133 Å². The third-order valence-corrected chi connectivity index (χ3v) is 11.4. The van der Waals surface area contributed by atoms with Crippen LogP contribution in [0, 0.1) is 0 Å². The summed E-state index contributed by atoms with van der Waals surface area (Å²) in [5.74, 6) is 0.618. The van der Waals surface area contributed by atoms with Crippen molar-refractivity contribution in [1.82, 2.24) is 19.1 Å². The van der Waals surface area contributed by atoms with Crippen molar-refractivity contribution in [2.24, 2.45) is 0 Å². The molecule has 0 aliphatic rings. The Morgan fingerprint density at radius 1 is 0.368 bits per heavy atom. The third kappa shape index (κ3) is 4.89. The number of rotatable bonds is 5. The van der Waals surface area contributed by atoms with Crippen LogP contribution in [0.15, 0.2) is 199 Å². The van der Waals surface area contributed by atoms with Gasteiger partial charge in [-0.2, -0.15) is 0 Å². The maximum absolute atomic E-state index is 6.32. The van der Waals surface area contributed by atoms with Crippen LogP contribution in [0.2, 0.25) is 0 Å². The molecule has 57 heavy (non-hydrogen) atoms. The first-order valence-corrected chi connectivity index (χ1v) is 19.2. The Labute approximate surface area is 327 Å². The first kappa shape index (κ1) is 31.6. The van der Waals surface area contributed by atoms with Gasteiger partial charge in [0.25, 0.3) is 0 Å². The van der Waals surface area contributed by atoms with E-state index in [0.717, 1.165) is 61.0 Å². The van der Waals surface area contributed by atoms with Gasteiger partial charge >= 0.3 is 0 Å². The van der Waals surface area contributed by atoms with E-state index in [0.29, 0.717) is 11.5 Å². The lowest BCUT2D eigenvalue weighted by Crippen LogP contribution is -2.00. The highest BCUT2D eigenvalue weighted by molar-refractivity contribution is 6.10. The van der Waals surface area contributed by atoms with Gasteiger partial charge in [0.1, 0.15) is 11.1 Å². The minimum absolute atomic E-state index is 0.618. The lowest BCUT2D eigenvalue weighted by atomic mass is 9.92. The largest absolute Gasteiger partial charge is 0.453 e. The zero-order valence-corrected chi connectivity index (χ0v) is 30.7. The first-order chi connectivity index (χ1) is 28.3. The van der Waals surface area contributed by atoms with Gasteiger partial charge in [-0.15, -0.1) is 0 Å². The van der Waals surface area contributed by atoms with Crippen LogP contribution in [0.4, 0.5) is 0 Å². The number of hydrogen-bond donors (Lipinski definition) is 0. The molecule has 4 aromatic heterocycles. The van der Waals surface area contributed by atoms with E-state index < -0.39 is 0 Å². The van der Waals surface area contributed by atoms with Crippen LogP contribution >= 0.6 is 0 Å². The number of nitrogens with zero attached hydrogens (tertiary/aromatic N) is 4. The number of furan rings is 1. The molecule has 0 bridgehead atoms. The van der Waals surface area contributed by atoms with Gasteiger partial charge in [-0.3, -0.25) is 4.57 Å². The molecule has 0 saturated heterocycles. The Morgan fingerprint density at radius 2 is 0.877 bits per heavy atom. The molecule has 266 valence electrons. The average Bonchev–Trinajstić information content (AvgIpc) is 3.94. The number of para-hydroxylation sites is 4. The SMILES string of the molecule is c1cc(-c2cccc(-n3c4ccccc4c4ccccc43)c2)cc(-c2ccccc2-c2ccc3oc4cnc(-n5c6ccccc6c6ccccc65)nc4c3c2)c1. The number of aromatic nitrogens is 4. The Bertz CT molecular complexity index is 3440. The van der Waals surface area contributed by atoms with Crippen LogP contribution in [0.1, 0.15) is 0 Å². The predicted molar refractivity (Wildman–Crippen MR) is 234 cm³/mol. The molecule has 0 aliphatic heterocycles. The van der Waals surface area contributed by atoms with Crippen LogP contribution < -0.4 is 0 Å². The zero-order chi connectivity index (χ0) is 37.5. The molecule has 0 saturated carbocycles. The van der Waals surface area contributed by atoms with E-state index in [4.69, 9.17) is 14.4 Å². The second-order valence-corrected chi connectivity index (χ2v) is 14.6. The van der Waals surface area contributed by atoms with Crippen molar-refractivity contribution in [3.63, 3.8) is 0 Å². The molecule has 0 atom stereocenters. The summed E-state index contributed by atoms with van der Waals surface area (Å²) in [6.45, 7) is 0. The smallest absolute Gasteiger partial charge is 0.235 e. The molecular weight excluding hydrogens is 697 g/mol. The topological polar surface area (TPSA) is 48.8 Å². The van der Waals surface area contributed by atoms with E-state index in [-0.39, 0.29) is 0 Å². The van der Waals surface area contributed by atoms with Crippen LogP contribution in [0.5, 0.6) is 0 Å². The molecule has 0 radical (unpaired) electrons. The molecular formula is C52H32N4O. The highest BCUT2D eigenvalue weighted by Crippen LogP contribution is 2.39. The van der Waals surface area contributed by atoms with Crippen molar-refractivity contribution in [3.8, 4) is 45.0 Å². The van der Waals surface area contributed by atoms with Gasteiger partial charge in [0.2, 0.25) is 5.95 Å². The number of benzene rings is 8. The zero-order valence-electron chi connectivity index (χ0n) is 30.7. The summed E-state index contributed by atoms with van der Waals surface area (Å²) >= 11 is 0.